The molecule has 0 atom stereocenters. The van der Waals surface area contributed by atoms with E-state index in [9.17, 15) is 9.59 Å². The van der Waals surface area contributed by atoms with E-state index in [1.807, 2.05) is 41.9 Å². The number of carbonyl (C=O) groups excluding carboxylic acids is 1. The van der Waals surface area contributed by atoms with E-state index in [1.165, 1.54) is 0 Å². The molecule has 0 spiro atoms. The van der Waals surface area contributed by atoms with Crippen molar-refractivity contribution in [2.24, 2.45) is 7.05 Å². The topological polar surface area (TPSA) is 48.3 Å². The van der Waals surface area contributed by atoms with Crippen molar-refractivity contribution in [2.75, 3.05) is 6.61 Å². The van der Waals surface area contributed by atoms with Crippen molar-refractivity contribution >= 4 is 5.97 Å². The zero-order valence-electron chi connectivity index (χ0n) is 12.8. The van der Waals surface area contributed by atoms with Crippen LogP contribution in [-0.2, 0) is 11.8 Å². The summed E-state index contributed by atoms with van der Waals surface area (Å²) < 4.78 is 6.87. The lowest BCUT2D eigenvalue weighted by molar-refractivity contribution is 0.0522. The van der Waals surface area contributed by atoms with Gasteiger partial charge in [0.2, 0.25) is 0 Å². The number of hydrogen-bond donors (Lipinski definition) is 0. The average Bonchev–Trinajstić information content (AvgIpc) is 2.47. The highest BCUT2D eigenvalue weighted by Crippen LogP contribution is 2.23. The van der Waals surface area contributed by atoms with Gasteiger partial charge in [0.25, 0.3) is 0 Å². The van der Waals surface area contributed by atoms with Crippen LogP contribution in [0, 0.1) is 13.8 Å². The molecule has 1 heterocycles. The average molecular weight is 285 g/mol. The van der Waals surface area contributed by atoms with Crippen LogP contribution in [0.2, 0.25) is 0 Å². The molecular formula is C17H19NO3. The third-order valence-corrected chi connectivity index (χ3v) is 3.65. The Bertz CT molecular complexity index is 730. The monoisotopic (exact) mass is 285 g/mol. The lowest BCUT2D eigenvalue weighted by Gasteiger charge is -2.18. The number of pyridine rings is 1. The number of carbonyl (C=O) groups is 1. The Kier molecular flexibility index (Phi) is 4.26. The summed E-state index contributed by atoms with van der Waals surface area (Å²) in [4.78, 5) is 24.5. The summed E-state index contributed by atoms with van der Waals surface area (Å²) in [6.07, 6.45) is 0. The molecule has 0 aliphatic carbocycles. The molecule has 4 nitrogen and oxygen atoms in total. The number of nitrogens with zero attached hydrogens (tertiary/aromatic N) is 1. The van der Waals surface area contributed by atoms with Crippen molar-refractivity contribution in [2.45, 2.75) is 20.8 Å². The van der Waals surface area contributed by atoms with E-state index in [0.717, 1.165) is 11.3 Å². The van der Waals surface area contributed by atoms with Gasteiger partial charge in [0, 0.05) is 18.3 Å². The fourth-order valence-corrected chi connectivity index (χ4v) is 2.50. The van der Waals surface area contributed by atoms with Crippen molar-refractivity contribution in [3.63, 3.8) is 0 Å². The van der Waals surface area contributed by atoms with Crippen LogP contribution in [0.3, 0.4) is 0 Å². The third kappa shape index (κ3) is 2.61. The van der Waals surface area contributed by atoms with Gasteiger partial charge in [-0.2, -0.15) is 0 Å². The van der Waals surface area contributed by atoms with Crippen LogP contribution in [-0.4, -0.2) is 17.1 Å². The van der Waals surface area contributed by atoms with Crippen molar-refractivity contribution in [3.8, 4) is 11.3 Å². The first-order valence-electron chi connectivity index (χ1n) is 6.91. The molecule has 1 aromatic heterocycles. The Morgan fingerprint density at radius 3 is 2.38 bits per heavy atom. The van der Waals surface area contributed by atoms with Crippen LogP contribution in [0.5, 0.6) is 0 Å². The Labute approximate surface area is 124 Å². The summed E-state index contributed by atoms with van der Waals surface area (Å²) in [6.45, 7) is 5.48. The van der Waals surface area contributed by atoms with E-state index in [2.05, 4.69) is 0 Å². The fourth-order valence-electron chi connectivity index (χ4n) is 2.50. The molecule has 0 aliphatic heterocycles. The highest BCUT2D eigenvalue weighted by Gasteiger charge is 2.21. The van der Waals surface area contributed by atoms with Crippen molar-refractivity contribution < 1.29 is 9.53 Å². The minimum absolute atomic E-state index is 0.122. The Balaban J connectivity index is 2.74. The normalized spacial score (nSPS) is 10.5. The van der Waals surface area contributed by atoms with Gasteiger partial charge in [-0.15, -0.1) is 0 Å². The van der Waals surface area contributed by atoms with Gasteiger partial charge in [-0.3, -0.25) is 4.79 Å². The Hall–Kier alpha value is -2.36. The quantitative estimate of drug-likeness (QED) is 0.815. The molecule has 2 aromatic rings. The van der Waals surface area contributed by atoms with Gasteiger partial charge in [-0.05, 0) is 26.3 Å². The smallest absolute Gasteiger partial charge is 0.343 e. The van der Waals surface area contributed by atoms with E-state index >= 15 is 0 Å². The first-order chi connectivity index (χ1) is 9.99. The summed E-state index contributed by atoms with van der Waals surface area (Å²) in [6, 6.07) is 9.68. The van der Waals surface area contributed by atoms with E-state index < -0.39 is 5.97 Å². The predicted octanol–water partition coefficient (Wildman–Crippen LogP) is 2.85. The van der Waals surface area contributed by atoms with E-state index in [4.69, 9.17) is 4.74 Å². The van der Waals surface area contributed by atoms with Gasteiger partial charge >= 0.3 is 5.97 Å². The summed E-state index contributed by atoms with van der Waals surface area (Å²) in [7, 11) is 1.85. The van der Waals surface area contributed by atoms with Crippen molar-refractivity contribution in [3.05, 3.63) is 57.4 Å². The lowest BCUT2D eigenvalue weighted by Crippen LogP contribution is -2.26. The number of ether oxygens (including phenoxy) is 1. The summed E-state index contributed by atoms with van der Waals surface area (Å²) in [5.41, 5.74) is 2.80. The van der Waals surface area contributed by atoms with Crippen LogP contribution in [0.25, 0.3) is 11.3 Å². The van der Waals surface area contributed by atoms with Crippen LogP contribution in [0.1, 0.15) is 28.5 Å². The third-order valence-electron chi connectivity index (χ3n) is 3.65. The molecule has 0 unspecified atom stereocenters. The molecule has 0 saturated carbocycles. The molecule has 1 aromatic carbocycles. The molecular weight excluding hydrogens is 266 g/mol. The molecule has 0 aliphatic rings. The molecule has 4 heteroatoms. The molecule has 0 fully saturated rings. The van der Waals surface area contributed by atoms with E-state index in [1.54, 1.807) is 20.8 Å². The molecule has 0 N–H and O–H groups in total. The molecule has 110 valence electrons. The van der Waals surface area contributed by atoms with Gasteiger partial charge in [0.15, 0.2) is 5.43 Å². The molecule has 0 saturated heterocycles. The van der Waals surface area contributed by atoms with E-state index in [0.29, 0.717) is 11.3 Å². The Morgan fingerprint density at radius 1 is 1.19 bits per heavy atom. The van der Waals surface area contributed by atoms with Crippen LogP contribution >= 0.6 is 0 Å². The number of hydrogen-bond acceptors (Lipinski definition) is 3. The van der Waals surface area contributed by atoms with Gasteiger partial charge in [0.05, 0.1) is 12.3 Å². The fraction of sp³-hybridized carbons (Fsp3) is 0.294. The van der Waals surface area contributed by atoms with Crippen molar-refractivity contribution in [1.29, 1.82) is 0 Å². The molecule has 0 amide bonds. The van der Waals surface area contributed by atoms with Crippen LogP contribution in [0.4, 0.5) is 0 Å². The predicted molar refractivity (Wildman–Crippen MR) is 82.5 cm³/mol. The van der Waals surface area contributed by atoms with Crippen LogP contribution < -0.4 is 5.43 Å². The van der Waals surface area contributed by atoms with Gasteiger partial charge in [-0.1, -0.05) is 30.3 Å². The maximum atomic E-state index is 12.5. The number of benzene rings is 1. The molecule has 21 heavy (non-hydrogen) atoms. The summed E-state index contributed by atoms with van der Waals surface area (Å²) in [5.74, 6) is -0.557. The zero-order chi connectivity index (χ0) is 15.6. The van der Waals surface area contributed by atoms with Crippen LogP contribution in [0.15, 0.2) is 35.1 Å². The molecule has 2 rings (SSSR count). The maximum absolute atomic E-state index is 12.5. The highest BCUT2D eigenvalue weighted by atomic mass is 16.5. The Morgan fingerprint density at radius 2 is 1.81 bits per heavy atom. The maximum Gasteiger partial charge on any atom is 0.343 e. The summed E-state index contributed by atoms with van der Waals surface area (Å²) in [5, 5.41) is 0. The van der Waals surface area contributed by atoms with Gasteiger partial charge in [-0.25, -0.2) is 4.79 Å². The molecule has 0 radical (unpaired) electrons. The van der Waals surface area contributed by atoms with E-state index in [-0.39, 0.29) is 17.6 Å². The first-order valence-corrected chi connectivity index (χ1v) is 6.91. The number of esters is 1. The zero-order valence-corrected chi connectivity index (χ0v) is 12.8. The second-order valence-electron chi connectivity index (χ2n) is 4.91. The standard InChI is InChI=1S/C17H19NO3/c1-5-21-17(20)14-12(3)18(4)15(11(2)16(14)19)13-9-7-6-8-10-13/h6-10H,5H2,1-4H3. The second-order valence-corrected chi connectivity index (χ2v) is 4.91. The minimum atomic E-state index is -0.557. The second kappa shape index (κ2) is 5.95. The van der Waals surface area contributed by atoms with Crippen molar-refractivity contribution in [1.82, 2.24) is 4.57 Å². The molecule has 0 bridgehead atoms. The van der Waals surface area contributed by atoms with Gasteiger partial charge < -0.3 is 9.30 Å². The first kappa shape index (κ1) is 15.0. The minimum Gasteiger partial charge on any atom is -0.462 e. The largest absolute Gasteiger partial charge is 0.462 e. The highest BCUT2D eigenvalue weighted by molar-refractivity contribution is 5.91. The number of aromatic nitrogens is 1. The van der Waals surface area contributed by atoms with Gasteiger partial charge in [0.1, 0.15) is 5.56 Å². The SMILES string of the molecule is CCOC(=O)c1c(C)n(C)c(-c2ccccc2)c(C)c1=O. The number of rotatable bonds is 3. The summed E-state index contributed by atoms with van der Waals surface area (Å²) >= 11 is 0. The lowest BCUT2D eigenvalue weighted by atomic mass is 10.0.